The van der Waals surface area contributed by atoms with Gasteiger partial charge in [0.05, 0.1) is 11.7 Å². The summed E-state index contributed by atoms with van der Waals surface area (Å²) >= 11 is 0. The molecular weight excluding hydrogens is 326 g/mol. The van der Waals surface area contributed by atoms with Crippen molar-refractivity contribution in [3.8, 4) is 11.3 Å². The fourth-order valence-corrected chi connectivity index (χ4v) is 2.93. The van der Waals surface area contributed by atoms with Crippen molar-refractivity contribution in [3.63, 3.8) is 0 Å². The minimum absolute atomic E-state index is 0.0951. The van der Waals surface area contributed by atoms with Crippen molar-refractivity contribution >= 4 is 16.8 Å². The molecule has 2 aromatic heterocycles. The average Bonchev–Trinajstić information content (AvgIpc) is 3.23. The Labute approximate surface area is 150 Å². The highest BCUT2D eigenvalue weighted by Gasteiger charge is 2.08. The molecule has 2 aromatic carbocycles. The smallest absolute Gasteiger partial charge is 0.251 e. The zero-order valence-electron chi connectivity index (χ0n) is 14.1. The Morgan fingerprint density at radius 2 is 1.88 bits per heavy atom. The maximum absolute atomic E-state index is 12.3. The van der Waals surface area contributed by atoms with E-state index in [4.69, 9.17) is 4.42 Å². The van der Waals surface area contributed by atoms with Crippen molar-refractivity contribution < 1.29 is 9.21 Å². The van der Waals surface area contributed by atoms with Crippen molar-refractivity contribution in [2.45, 2.75) is 6.42 Å². The van der Waals surface area contributed by atoms with E-state index < -0.39 is 0 Å². The molecule has 0 spiro atoms. The van der Waals surface area contributed by atoms with Crippen LogP contribution in [-0.2, 0) is 6.42 Å². The second kappa shape index (κ2) is 7.19. The normalized spacial score (nSPS) is 10.8. The highest BCUT2D eigenvalue weighted by Crippen LogP contribution is 2.19. The van der Waals surface area contributed by atoms with Crippen molar-refractivity contribution in [2.75, 3.05) is 6.54 Å². The number of pyridine rings is 1. The standard InChI is InChI=1S/C21H17N3O2/c25-21(18-8-6-15(7-9-18)19-13-22-14-26-19)24-12-10-17-4-1-3-16-5-2-11-23-20(16)17/h1-9,11,13-14H,10,12H2,(H,24,25). The monoisotopic (exact) mass is 343 g/mol. The van der Waals surface area contributed by atoms with Crippen molar-refractivity contribution in [2.24, 2.45) is 0 Å². The highest BCUT2D eigenvalue weighted by molar-refractivity contribution is 5.94. The largest absolute Gasteiger partial charge is 0.444 e. The molecule has 0 radical (unpaired) electrons. The molecule has 5 nitrogen and oxygen atoms in total. The first-order valence-corrected chi connectivity index (χ1v) is 8.41. The van der Waals surface area contributed by atoms with E-state index in [1.165, 1.54) is 6.39 Å². The van der Waals surface area contributed by atoms with E-state index >= 15 is 0 Å². The van der Waals surface area contributed by atoms with Gasteiger partial charge in [0.15, 0.2) is 12.2 Å². The van der Waals surface area contributed by atoms with Crippen LogP contribution in [-0.4, -0.2) is 22.4 Å². The van der Waals surface area contributed by atoms with Gasteiger partial charge in [-0.3, -0.25) is 9.78 Å². The van der Waals surface area contributed by atoms with Gasteiger partial charge in [-0.2, -0.15) is 0 Å². The number of hydrogen-bond acceptors (Lipinski definition) is 4. The lowest BCUT2D eigenvalue weighted by Gasteiger charge is -2.08. The Bertz CT molecular complexity index is 1020. The summed E-state index contributed by atoms with van der Waals surface area (Å²) in [5.41, 5.74) is 3.62. The Hall–Kier alpha value is -3.47. The average molecular weight is 343 g/mol. The summed E-state index contributed by atoms with van der Waals surface area (Å²) in [7, 11) is 0. The molecule has 5 heteroatoms. The first-order chi connectivity index (χ1) is 12.8. The van der Waals surface area contributed by atoms with Crippen LogP contribution in [0.15, 0.2) is 77.8 Å². The number of nitrogens with one attached hydrogen (secondary N) is 1. The fourth-order valence-electron chi connectivity index (χ4n) is 2.93. The third kappa shape index (κ3) is 3.32. The number of para-hydroxylation sites is 1. The van der Waals surface area contributed by atoms with Gasteiger partial charge in [-0.05, 0) is 30.2 Å². The Kier molecular flexibility index (Phi) is 4.43. The van der Waals surface area contributed by atoms with Crippen LogP contribution in [0.4, 0.5) is 0 Å². The predicted molar refractivity (Wildman–Crippen MR) is 99.7 cm³/mol. The SMILES string of the molecule is O=C(NCCc1cccc2cccnc12)c1ccc(-c2cnco2)cc1. The molecule has 4 aromatic rings. The number of hydrogen-bond donors (Lipinski definition) is 1. The number of amides is 1. The van der Waals surface area contributed by atoms with Crippen molar-refractivity contribution in [1.29, 1.82) is 0 Å². The van der Waals surface area contributed by atoms with Crippen LogP contribution in [0.3, 0.4) is 0 Å². The molecular formula is C21H17N3O2. The molecule has 0 saturated heterocycles. The number of benzene rings is 2. The molecule has 1 amide bonds. The maximum Gasteiger partial charge on any atom is 0.251 e. The summed E-state index contributed by atoms with van der Waals surface area (Å²) in [5.74, 6) is 0.586. The van der Waals surface area contributed by atoms with E-state index in [1.807, 2.05) is 42.5 Å². The lowest BCUT2D eigenvalue weighted by atomic mass is 10.1. The zero-order valence-corrected chi connectivity index (χ0v) is 14.1. The molecule has 128 valence electrons. The highest BCUT2D eigenvalue weighted by atomic mass is 16.3. The van der Waals surface area contributed by atoms with Crippen LogP contribution >= 0.6 is 0 Å². The number of carbonyl (C=O) groups excluding carboxylic acids is 1. The Morgan fingerprint density at radius 1 is 1.04 bits per heavy atom. The van der Waals surface area contributed by atoms with Crippen LogP contribution in [0.2, 0.25) is 0 Å². The van der Waals surface area contributed by atoms with E-state index in [0.29, 0.717) is 17.9 Å². The van der Waals surface area contributed by atoms with Crippen LogP contribution < -0.4 is 5.32 Å². The number of nitrogens with zero attached hydrogens (tertiary/aromatic N) is 2. The van der Waals surface area contributed by atoms with E-state index in [2.05, 4.69) is 15.3 Å². The first kappa shape index (κ1) is 16.0. The van der Waals surface area contributed by atoms with Gasteiger partial charge in [-0.25, -0.2) is 4.98 Å². The van der Waals surface area contributed by atoms with E-state index in [0.717, 1.165) is 28.5 Å². The van der Waals surface area contributed by atoms with Crippen LogP contribution in [0.25, 0.3) is 22.2 Å². The zero-order chi connectivity index (χ0) is 17.8. The number of aromatic nitrogens is 2. The summed E-state index contributed by atoms with van der Waals surface area (Å²) in [4.78, 5) is 20.7. The molecule has 0 bridgehead atoms. The molecule has 0 unspecified atom stereocenters. The molecule has 2 heterocycles. The second-order valence-corrected chi connectivity index (χ2v) is 5.94. The van der Waals surface area contributed by atoms with Gasteiger partial charge in [0.25, 0.3) is 5.91 Å². The van der Waals surface area contributed by atoms with Crippen LogP contribution in [0.5, 0.6) is 0 Å². The van der Waals surface area contributed by atoms with E-state index in [9.17, 15) is 4.79 Å². The number of oxazole rings is 1. The summed E-state index contributed by atoms with van der Waals surface area (Å²) in [6.45, 7) is 0.554. The van der Waals surface area contributed by atoms with Crippen molar-refractivity contribution in [3.05, 3.63) is 84.5 Å². The van der Waals surface area contributed by atoms with Gasteiger partial charge in [-0.15, -0.1) is 0 Å². The summed E-state index contributed by atoms with van der Waals surface area (Å²) in [6.07, 6.45) is 5.56. The van der Waals surface area contributed by atoms with Crippen molar-refractivity contribution in [1.82, 2.24) is 15.3 Å². The van der Waals surface area contributed by atoms with Crippen LogP contribution in [0.1, 0.15) is 15.9 Å². The van der Waals surface area contributed by atoms with E-state index in [-0.39, 0.29) is 5.91 Å². The molecule has 0 saturated carbocycles. The lowest BCUT2D eigenvalue weighted by Crippen LogP contribution is -2.25. The fraction of sp³-hybridized carbons (Fsp3) is 0.0952. The lowest BCUT2D eigenvalue weighted by molar-refractivity contribution is 0.0954. The Balaban J connectivity index is 1.39. The van der Waals surface area contributed by atoms with Gasteiger partial charge in [0.1, 0.15) is 0 Å². The van der Waals surface area contributed by atoms with Gasteiger partial charge in [0, 0.05) is 29.3 Å². The third-order valence-corrected chi connectivity index (χ3v) is 4.26. The quantitative estimate of drug-likeness (QED) is 0.597. The minimum Gasteiger partial charge on any atom is -0.444 e. The maximum atomic E-state index is 12.3. The second-order valence-electron chi connectivity index (χ2n) is 5.94. The summed E-state index contributed by atoms with van der Waals surface area (Å²) < 4.78 is 5.25. The first-order valence-electron chi connectivity index (χ1n) is 8.41. The van der Waals surface area contributed by atoms with E-state index in [1.54, 1.807) is 24.5 Å². The molecule has 4 rings (SSSR count). The Morgan fingerprint density at radius 3 is 2.69 bits per heavy atom. The van der Waals surface area contributed by atoms with Gasteiger partial charge in [0.2, 0.25) is 0 Å². The van der Waals surface area contributed by atoms with Gasteiger partial charge >= 0.3 is 0 Å². The number of carbonyl (C=O) groups is 1. The molecule has 26 heavy (non-hydrogen) atoms. The number of rotatable bonds is 5. The summed E-state index contributed by atoms with van der Waals surface area (Å²) in [5, 5.41) is 4.07. The van der Waals surface area contributed by atoms with Gasteiger partial charge in [-0.1, -0.05) is 36.4 Å². The topological polar surface area (TPSA) is 68.0 Å². The molecule has 0 aliphatic rings. The molecule has 0 aliphatic heterocycles. The molecule has 0 fully saturated rings. The minimum atomic E-state index is -0.0951. The number of fused-ring (bicyclic) bond motifs is 1. The predicted octanol–water partition coefficient (Wildman–Crippen LogP) is 3.86. The molecule has 0 atom stereocenters. The molecule has 1 N–H and O–H groups in total. The van der Waals surface area contributed by atoms with Gasteiger partial charge < -0.3 is 9.73 Å². The third-order valence-electron chi connectivity index (χ3n) is 4.26. The molecule has 0 aliphatic carbocycles. The van der Waals surface area contributed by atoms with Crippen LogP contribution in [0, 0.1) is 0 Å². The summed E-state index contributed by atoms with van der Waals surface area (Å²) in [6, 6.07) is 17.3.